The summed E-state index contributed by atoms with van der Waals surface area (Å²) in [7, 11) is 3.81. The third-order valence-electron chi connectivity index (χ3n) is 2.36. The molecule has 0 bridgehead atoms. The van der Waals surface area contributed by atoms with Crippen LogP contribution in [0.1, 0.15) is 5.56 Å². The molecule has 1 aliphatic rings. The number of hydrogen-bond acceptors (Lipinski definition) is 2. The van der Waals surface area contributed by atoms with Crippen LogP contribution in [0.5, 0.6) is 0 Å². The molecular weight excluding hydrogens is 277 g/mol. The predicted molar refractivity (Wildman–Crippen MR) is 64.3 cm³/mol. The second-order valence-corrected chi connectivity index (χ2v) is 4.74. The zero-order chi connectivity index (χ0) is 9.64. The van der Waals surface area contributed by atoms with Crippen molar-refractivity contribution in [1.29, 1.82) is 0 Å². The van der Waals surface area contributed by atoms with E-state index in [1.807, 2.05) is 21.8 Å². The Bertz CT molecular complexity index is 394. The average molecular weight is 284 g/mol. The maximum atomic E-state index is 11.5. The number of nitrogens with one attached hydrogen (secondary N) is 1. The van der Waals surface area contributed by atoms with Gasteiger partial charge in [0.2, 0.25) is 5.91 Å². The van der Waals surface area contributed by atoms with Gasteiger partial charge in [0.1, 0.15) is 19.4 Å². The Kier molecular flexibility index (Phi) is 1.90. The molecule has 2 heterocycles. The maximum Gasteiger partial charge on any atom is 0.219 e. The highest BCUT2D eigenvalue weighted by Crippen LogP contribution is 2.32. The number of halogens is 1. The van der Waals surface area contributed by atoms with Gasteiger partial charge in [-0.1, -0.05) is 0 Å². The van der Waals surface area contributed by atoms with Crippen LogP contribution in [0.25, 0.3) is 0 Å². The molecule has 0 aliphatic carbocycles. The molecule has 13 heavy (non-hydrogen) atoms. The number of anilines is 1. The van der Waals surface area contributed by atoms with Crippen molar-refractivity contribution in [1.82, 2.24) is 4.98 Å². The summed E-state index contributed by atoms with van der Waals surface area (Å²) in [5.41, 5.74) is 1.88. The van der Waals surface area contributed by atoms with Crippen molar-refractivity contribution in [2.45, 2.75) is 5.21 Å². The van der Waals surface area contributed by atoms with E-state index in [2.05, 4.69) is 32.9 Å². The molecule has 2 rings (SSSR count). The van der Waals surface area contributed by atoms with Crippen LogP contribution in [0.3, 0.4) is 0 Å². The number of carbonyl (C=O) groups excluding carboxylic acids is 1. The summed E-state index contributed by atoms with van der Waals surface area (Å²) in [4.78, 5) is 15.7. The van der Waals surface area contributed by atoms with Crippen LogP contribution in [0.4, 0.5) is 5.69 Å². The lowest BCUT2D eigenvalue weighted by Crippen LogP contribution is -2.35. The molecule has 0 unspecified atom stereocenters. The monoisotopic (exact) mass is 284 g/mol. The summed E-state index contributed by atoms with van der Waals surface area (Å²) >= 11 is 2.13. The number of carbonyl (C=O) groups is 1. The second kappa shape index (κ2) is 2.73. The minimum absolute atomic E-state index is 0.0475. The first kappa shape index (κ1) is 9.05. The van der Waals surface area contributed by atoms with Gasteiger partial charge in [-0.15, -0.1) is 0 Å². The fourth-order valence-electron chi connectivity index (χ4n) is 1.43. The molecule has 1 aliphatic heterocycles. The molecule has 0 fully saturated rings. The summed E-state index contributed by atoms with van der Waals surface area (Å²) < 4.78 is 0.898. The summed E-state index contributed by atoms with van der Waals surface area (Å²) in [5.74, 6) is 0.0475. The van der Waals surface area contributed by atoms with Gasteiger partial charge in [-0.2, -0.15) is 0 Å². The molecule has 0 aromatic carbocycles. The van der Waals surface area contributed by atoms with Crippen LogP contribution in [0.2, 0.25) is 0 Å². The minimum Gasteiger partial charge on any atom is -0.326 e. The van der Waals surface area contributed by atoms with Gasteiger partial charge >= 0.3 is 0 Å². The fraction of sp³-hybridized carbons (Fsp3) is 0.143. The number of rotatable bonds is 0. The largest absolute Gasteiger partial charge is 0.326 e. The zero-order valence-electron chi connectivity index (χ0n) is 7.39. The standard InChI is InChI=1S/C7H7B2IN2O/c8-7(9)3-2-11-5(10)1-4(3)12-6(7)13/h1-2H,8-9H2,(H,12,13). The lowest BCUT2D eigenvalue weighted by Gasteiger charge is -2.13. The zero-order valence-corrected chi connectivity index (χ0v) is 9.55. The average Bonchev–Trinajstić information content (AvgIpc) is 2.23. The molecule has 0 atom stereocenters. The van der Waals surface area contributed by atoms with Gasteiger partial charge in [-0.3, -0.25) is 4.79 Å². The van der Waals surface area contributed by atoms with E-state index < -0.39 is 5.21 Å². The molecule has 0 spiro atoms. The Morgan fingerprint density at radius 1 is 1.54 bits per heavy atom. The molecule has 0 saturated carbocycles. The van der Waals surface area contributed by atoms with Crippen molar-refractivity contribution < 1.29 is 4.79 Å². The highest BCUT2D eigenvalue weighted by atomic mass is 127. The second-order valence-electron chi connectivity index (χ2n) is 3.63. The minimum atomic E-state index is -0.438. The van der Waals surface area contributed by atoms with Crippen LogP contribution in [-0.2, 0) is 10.0 Å². The van der Waals surface area contributed by atoms with Gasteiger partial charge in [0.25, 0.3) is 0 Å². The molecule has 0 radical (unpaired) electrons. The van der Waals surface area contributed by atoms with Gasteiger partial charge in [0.05, 0.1) is 0 Å². The van der Waals surface area contributed by atoms with Gasteiger partial charge < -0.3 is 5.32 Å². The predicted octanol–water partition coefficient (Wildman–Crippen LogP) is -0.943. The van der Waals surface area contributed by atoms with E-state index in [4.69, 9.17) is 0 Å². The Morgan fingerprint density at radius 3 is 2.92 bits per heavy atom. The van der Waals surface area contributed by atoms with Gasteiger partial charge in [-0.05, 0) is 34.2 Å². The Balaban J connectivity index is 2.62. The van der Waals surface area contributed by atoms with E-state index in [0.717, 1.165) is 15.0 Å². The fourth-order valence-corrected chi connectivity index (χ4v) is 1.88. The van der Waals surface area contributed by atoms with E-state index in [-0.39, 0.29) is 5.91 Å². The lowest BCUT2D eigenvalue weighted by molar-refractivity contribution is -0.116. The topological polar surface area (TPSA) is 42.0 Å². The molecule has 1 aromatic rings. The first-order chi connectivity index (χ1) is 6.01. The number of nitrogens with zero attached hydrogens (tertiary/aromatic N) is 1. The first-order valence-corrected chi connectivity index (χ1v) is 5.07. The van der Waals surface area contributed by atoms with Crippen LogP contribution in [0, 0.1) is 3.70 Å². The molecular formula is C7H7B2IN2O. The molecule has 1 amide bonds. The Morgan fingerprint density at radius 2 is 2.23 bits per heavy atom. The maximum absolute atomic E-state index is 11.5. The third-order valence-corrected chi connectivity index (χ3v) is 2.95. The molecule has 64 valence electrons. The van der Waals surface area contributed by atoms with E-state index in [1.54, 1.807) is 6.20 Å². The van der Waals surface area contributed by atoms with E-state index in [9.17, 15) is 4.79 Å². The molecule has 1 N–H and O–H groups in total. The Hall–Kier alpha value is -0.520. The van der Waals surface area contributed by atoms with Crippen molar-refractivity contribution in [3.8, 4) is 0 Å². The first-order valence-electron chi connectivity index (χ1n) is 3.99. The van der Waals surface area contributed by atoms with Crippen molar-refractivity contribution in [3.05, 3.63) is 21.5 Å². The van der Waals surface area contributed by atoms with Crippen molar-refractivity contribution in [2.24, 2.45) is 0 Å². The lowest BCUT2D eigenvalue weighted by atomic mass is 9.52. The van der Waals surface area contributed by atoms with Crippen molar-refractivity contribution in [2.75, 3.05) is 5.32 Å². The molecule has 6 heteroatoms. The molecule has 3 nitrogen and oxygen atoms in total. The van der Waals surface area contributed by atoms with Crippen LogP contribution in [-0.4, -0.2) is 26.6 Å². The highest BCUT2D eigenvalue weighted by Gasteiger charge is 2.38. The Labute approximate surface area is 91.7 Å². The number of hydrogen-bond donors (Lipinski definition) is 1. The quantitative estimate of drug-likeness (QED) is 0.379. The van der Waals surface area contributed by atoms with Gasteiger partial charge in [0, 0.05) is 17.1 Å². The number of pyridine rings is 1. The smallest absolute Gasteiger partial charge is 0.219 e. The third kappa shape index (κ3) is 1.27. The van der Waals surface area contributed by atoms with E-state index >= 15 is 0 Å². The SMILES string of the molecule is BC1(B)C(=O)Nc2cc(I)ncc21. The molecule has 1 aromatic heterocycles. The highest BCUT2D eigenvalue weighted by molar-refractivity contribution is 14.1. The van der Waals surface area contributed by atoms with E-state index in [0.29, 0.717) is 0 Å². The molecule has 0 saturated heterocycles. The van der Waals surface area contributed by atoms with Gasteiger partial charge in [-0.25, -0.2) is 4.98 Å². The van der Waals surface area contributed by atoms with Gasteiger partial charge in [0.15, 0.2) is 0 Å². The summed E-state index contributed by atoms with van der Waals surface area (Å²) in [6.45, 7) is 0. The summed E-state index contributed by atoms with van der Waals surface area (Å²) in [5, 5.41) is 2.41. The number of aromatic nitrogens is 1. The van der Waals surface area contributed by atoms with E-state index in [1.165, 1.54) is 0 Å². The van der Waals surface area contributed by atoms with Crippen LogP contribution in [0.15, 0.2) is 12.3 Å². The van der Waals surface area contributed by atoms with Crippen molar-refractivity contribution >= 4 is 49.9 Å². The normalized spacial score (nSPS) is 18.1. The number of amides is 1. The van der Waals surface area contributed by atoms with Crippen molar-refractivity contribution in [3.63, 3.8) is 0 Å². The van der Waals surface area contributed by atoms with Crippen LogP contribution < -0.4 is 5.32 Å². The summed E-state index contributed by atoms with van der Waals surface area (Å²) in [6.07, 6.45) is 1.77. The number of fused-ring (bicyclic) bond motifs is 1. The van der Waals surface area contributed by atoms with Crippen LogP contribution >= 0.6 is 22.6 Å². The summed E-state index contributed by atoms with van der Waals surface area (Å²) in [6, 6.07) is 1.89.